The van der Waals surface area contributed by atoms with Gasteiger partial charge in [-0.2, -0.15) is 0 Å². The van der Waals surface area contributed by atoms with Crippen LogP contribution in [0.5, 0.6) is 0 Å². The van der Waals surface area contributed by atoms with Gasteiger partial charge in [0.1, 0.15) is 0 Å². The molecule has 130 valence electrons. The van der Waals surface area contributed by atoms with Gasteiger partial charge in [-0.25, -0.2) is 0 Å². The van der Waals surface area contributed by atoms with Gasteiger partial charge < -0.3 is 15.0 Å². The number of anilines is 2. The van der Waals surface area contributed by atoms with Gasteiger partial charge in [-0.15, -0.1) is 0 Å². The lowest BCUT2D eigenvalue weighted by atomic mass is 9.93. The smallest absolute Gasteiger partial charge is 0.232 e. The third-order valence-electron chi connectivity index (χ3n) is 5.02. The van der Waals surface area contributed by atoms with Crippen molar-refractivity contribution in [2.45, 2.75) is 18.8 Å². The number of carbonyl (C=O) groups excluding carboxylic acids is 1. The van der Waals surface area contributed by atoms with Gasteiger partial charge >= 0.3 is 0 Å². The molecule has 4 heteroatoms. The quantitative estimate of drug-likeness (QED) is 0.906. The van der Waals surface area contributed by atoms with Crippen LogP contribution in [0.3, 0.4) is 0 Å². The molecule has 0 aromatic heterocycles. The first-order valence-corrected chi connectivity index (χ1v) is 9.10. The van der Waals surface area contributed by atoms with Crippen LogP contribution in [0, 0.1) is 5.92 Å². The van der Waals surface area contributed by atoms with Crippen LogP contribution in [0.25, 0.3) is 0 Å². The van der Waals surface area contributed by atoms with E-state index in [-0.39, 0.29) is 11.8 Å². The molecular weight excluding hydrogens is 312 g/mol. The normalized spacial score (nSPS) is 18.6. The van der Waals surface area contributed by atoms with Crippen LogP contribution in [0.1, 0.15) is 24.3 Å². The summed E-state index contributed by atoms with van der Waals surface area (Å²) in [6.07, 6.45) is 2.28. The highest BCUT2D eigenvalue weighted by Crippen LogP contribution is 2.43. The second-order valence-electron chi connectivity index (χ2n) is 6.86. The molecule has 2 aromatic carbocycles. The number of carbonyl (C=O) groups is 1. The third-order valence-corrected chi connectivity index (χ3v) is 5.02. The number of amides is 1. The number of nitrogens with one attached hydrogen (secondary N) is 1. The maximum absolute atomic E-state index is 12.9. The van der Waals surface area contributed by atoms with Gasteiger partial charge in [0.2, 0.25) is 5.91 Å². The molecule has 1 heterocycles. The van der Waals surface area contributed by atoms with E-state index in [0.717, 1.165) is 56.1 Å². The highest BCUT2D eigenvalue weighted by Gasteiger charge is 2.37. The number of hydrogen-bond donors (Lipinski definition) is 1. The van der Waals surface area contributed by atoms with Gasteiger partial charge in [0, 0.05) is 24.5 Å². The fraction of sp³-hybridized carbons (Fsp3) is 0.381. The summed E-state index contributed by atoms with van der Waals surface area (Å²) in [5.74, 6) is 0.533. The molecule has 1 unspecified atom stereocenters. The van der Waals surface area contributed by atoms with E-state index in [9.17, 15) is 4.79 Å². The van der Waals surface area contributed by atoms with Crippen LogP contribution in [-0.2, 0) is 9.53 Å². The van der Waals surface area contributed by atoms with Crippen molar-refractivity contribution in [1.29, 1.82) is 0 Å². The number of nitrogens with zero attached hydrogens (tertiary/aromatic N) is 1. The number of ether oxygens (including phenoxy) is 1. The standard InChI is InChI=1S/C21H24N2O2/c24-21(20(17-9-10-17)16-5-2-1-3-6-16)22-18-7-4-8-19(15-18)23-11-13-25-14-12-23/h1-8,15,17,20H,9-14H2,(H,22,24). The maximum atomic E-state index is 12.9. The summed E-state index contributed by atoms with van der Waals surface area (Å²) in [7, 11) is 0. The highest BCUT2D eigenvalue weighted by molar-refractivity contribution is 5.96. The fourth-order valence-electron chi connectivity index (χ4n) is 3.55. The van der Waals surface area contributed by atoms with Crippen molar-refractivity contribution in [3.8, 4) is 0 Å². The molecule has 1 aliphatic heterocycles. The van der Waals surface area contributed by atoms with E-state index in [4.69, 9.17) is 4.74 Å². The minimum Gasteiger partial charge on any atom is -0.378 e. The van der Waals surface area contributed by atoms with Gasteiger partial charge in [0.05, 0.1) is 19.1 Å². The summed E-state index contributed by atoms with van der Waals surface area (Å²) in [5.41, 5.74) is 3.13. The Morgan fingerprint density at radius 3 is 2.52 bits per heavy atom. The number of benzene rings is 2. The van der Waals surface area contributed by atoms with Crippen molar-refractivity contribution in [3.05, 3.63) is 60.2 Å². The Labute approximate surface area is 148 Å². The second-order valence-corrected chi connectivity index (χ2v) is 6.86. The average molecular weight is 336 g/mol. The summed E-state index contributed by atoms with van der Waals surface area (Å²) >= 11 is 0. The van der Waals surface area contributed by atoms with E-state index in [2.05, 4.69) is 34.5 Å². The molecule has 1 saturated carbocycles. The zero-order valence-corrected chi connectivity index (χ0v) is 14.4. The lowest BCUT2D eigenvalue weighted by Crippen LogP contribution is -2.36. The van der Waals surface area contributed by atoms with Crippen LogP contribution in [0.15, 0.2) is 54.6 Å². The molecule has 1 atom stereocenters. The second kappa shape index (κ2) is 7.28. The molecule has 25 heavy (non-hydrogen) atoms. The molecule has 1 aliphatic carbocycles. The Bertz CT molecular complexity index is 722. The monoisotopic (exact) mass is 336 g/mol. The molecule has 0 bridgehead atoms. The Morgan fingerprint density at radius 2 is 1.80 bits per heavy atom. The van der Waals surface area contributed by atoms with E-state index >= 15 is 0 Å². The number of hydrogen-bond acceptors (Lipinski definition) is 3. The predicted octanol–water partition coefficient (Wildman–Crippen LogP) is 3.66. The predicted molar refractivity (Wildman–Crippen MR) is 100 cm³/mol. The summed E-state index contributed by atoms with van der Waals surface area (Å²) in [6, 6.07) is 18.3. The minimum atomic E-state index is -0.0479. The van der Waals surface area contributed by atoms with E-state index in [1.165, 1.54) is 0 Å². The van der Waals surface area contributed by atoms with Crippen LogP contribution < -0.4 is 10.2 Å². The minimum absolute atomic E-state index is 0.0479. The van der Waals surface area contributed by atoms with Crippen LogP contribution >= 0.6 is 0 Å². The number of rotatable bonds is 5. The van der Waals surface area contributed by atoms with Gasteiger partial charge in [-0.3, -0.25) is 4.79 Å². The Morgan fingerprint density at radius 1 is 1.04 bits per heavy atom. The summed E-state index contributed by atoms with van der Waals surface area (Å²) in [5, 5.41) is 3.14. The molecule has 4 rings (SSSR count). The van der Waals surface area contributed by atoms with Crippen molar-refractivity contribution in [2.75, 3.05) is 36.5 Å². The molecule has 2 fully saturated rings. The van der Waals surface area contributed by atoms with Crippen LogP contribution in [-0.4, -0.2) is 32.2 Å². The van der Waals surface area contributed by atoms with E-state index in [0.29, 0.717) is 5.92 Å². The van der Waals surface area contributed by atoms with Crippen LogP contribution in [0.4, 0.5) is 11.4 Å². The first kappa shape index (κ1) is 16.2. The maximum Gasteiger partial charge on any atom is 0.232 e. The summed E-state index contributed by atoms with van der Waals surface area (Å²) < 4.78 is 5.42. The first-order valence-electron chi connectivity index (χ1n) is 9.10. The largest absolute Gasteiger partial charge is 0.378 e. The molecular formula is C21H24N2O2. The van der Waals surface area contributed by atoms with Crippen LogP contribution in [0.2, 0.25) is 0 Å². The molecule has 2 aliphatic rings. The van der Waals surface area contributed by atoms with Gasteiger partial charge in [-0.05, 0) is 42.5 Å². The fourth-order valence-corrected chi connectivity index (χ4v) is 3.55. The van der Waals surface area contributed by atoms with Gasteiger partial charge in [0.25, 0.3) is 0 Å². The lowest BCUT2D eigenvalue weighted by molar-refractivity contribution is -0.118. The van der Waals surface area contributed by atoms with Crippen molar-refractivity contribution in [2.24, 2.45) is 5.92 Å². The zero-order chi connectivity index (χ0) is 17.1. The van der Waals surface area contributed by atoms with Crippen molar-refractivity contribution in [1.82, 2.24) is 0 Å². The number of morpholine rings is 1. The molecule has 2 aromatic rings. The SMILES string of the molecule is O=C(Nc1cccc(N2CCOCC2)c1)C(c1ccccc1)C1CC1. The summed E-state index contributed by atoms with van der Waals surface area (Å²) in [6.45, 7) is 3.31. The van der Waals surface area contributed by atoms with E-state index in [1.807, 2.05) is 30.3 Å². The molecule has 4 nitrogen and oxygen atoms in total. The topological polar surface area (TPSA) is 41.6 Å². The average Bonchev–Trinajstić information content (AvgIpc) is 3.49. The molecule has 1 N–H and O–H groups in total. The molecule has 1 saturated heterocycles. The van der Waals surface area contributed by atoms with Crippen molar-refractivity contribution >= 4 is 17.3 Å². The Balaban J connectivity index is 1.50. The van der Waals surface area contributed by atoms with Gasteiger partial charge in [0.15, 0.2) is 0 Å². The molecule has 1 amide bonds. The third kappa shape index (κ3) is 3.85. The summed E-state index contributed by atoms with van der Waals surface area (Å²) in [4.78, 5) is 15.2. The van der Waals surface area contributed by atoms with Crippen molar-refractivity contribution < 1.29 is 9.53 Å². The first-order chi connectivity index (χ1) is 12.3. The Hall–Kier alpha value is -2.33. The zero-order valence-electron chi connectivity index (χ0n) is 14.4. The molecule has 0 spiro atoms. The van der Waals surface area contributed by atoms with Crippen molar-refractivity contribution in [3.63, 3.8) is 0 Å². The van der Waals surface area contributed by atoms with E-state index in [1.54, 1.807) is 0 Å². The highest BCUT2D eigenvalue weighted by atomic mass is 16.5. The lowest BCUT2D eigenvalue weighted by Gasteiger charge is -2.29. The molecule has 0 radical (unpaired) electrons. The Kier molecular flexibility index (Phi) is 4.70. The van der Waals surface area contributed by atoms with E-state index < -0.39 is 0 Å². The van der Waals surface area contributed by atoms with Gasteiger partial charge in [-0.1, -0.05) is 36.4 Å².